The van der Waals surface area contributed by atoms with Crippen molar-refractivity contribution in [1.82, 2.24) is 15.5 Å². The molecule has 0 aliphatic rings. The molecule has 22 heavy (non-hydrogen) atoms. The lowest BCUT2D eigenvalue weighted by Crippen LogP contribution is -2.45. The number of urea groups is 1. The third-order valence-electron chi connectivity index (χ3n) is 3.35. The zero-order chi connectivity index (χ0) is 16.5. The number of hydrogen-bond donors (Lipinski definition) is 2. The summed E-state index contributed by atoms with van der Waals surface area (Å²) in [5.41, 5.74) is 1.13. The molecule has 1 rings (SSSR count). The van der Waals surface area contributed by atoms with E-state index in [9.17, 15) is 9.59 Å². The van der Waals surface area contributed by atoms with E-state index in [4.69, 9.17) is 0 Å². The molecule has 0 radical (unpaired) electrons. The summed E-state index contributed by atoms with van der Waals surface area (Å²) in [6.07, 6.45) is 0.934. The van der Waals surface area contributed by atoms with Gasteiger partial charge in [0.25, 0.3) is 0 Å². The van der Waals surface area contributed by atoms with E-state index in [-0.39, 0.29) is 18.5 Å². The second-order valence-electron chi connectivity index (χ2n) is 5.08. The van der Waals surface area contributed by atoms with Gasteiger partial charge in [-0.3, -0.25) is 15.0 Å². The third kappa shape index (κ3) is 5.77. The molecule has 122 valence electrons. The molecule has 5 nitrogen and oxygen atoms in total. The van der Waals surface area contributed by atoms with Gasteiger partial charge >= 0.3 is 6.03 Å². The first-order valence-electron chi connectivity index (χ1n) is 7.55. The van der Waals surface area contributed by atoms with Crippen LogP contribution >= 0.6 is 15.9 Å². The van der Waals surface area contributed by atoms with E-state index < -0.39 is 6.03 Å². The Morgan fingerprint density at radius 3 is 2.55 bits per heavy atom. The molecule has 3 amide bonds. The Morgan fingerprint density at radius 2 is 1.95 bits per heavy atom. The molecule has 1 aromatic rings. The lowest BCUT2D eigenvalue weighted by molar-refractivity contribution is -0.121. The highest BCUT2D eigenvalue weighted by molar-refractivity contribution is 9.10. The molecule has 0 aliphatic carbocycles. The summed E-state index contributed by atoms with van der Waals surface area (Å²) in [6.45, 7) is 7.41. The van der Waals surface area contributed by atoms with Crippen LogP contribution in [0.3, 0.4) is 0 Å². The van der Waals surface area contributed by atoms with Crippen LogP contribution in [0, 0.1) is 0 Å². The van der Waals surface area contributed by atoms with Gasteiger partial charge in [0, 0.05) is 17.1 Å². The van der Waals surface area contributed by atoms with E-state index in [0.29, 0.717) is 6.54 Å². The predicted octanol–water partition coefficient (Wildman–Crippen LogP) is 3.07. The lowest BCUT2D eigenvalue weighted by Gasteiger charge is -2.29. The molecular weight excluding hydrogens is 346 g/mol. The minimum atomic E-state index is -0.447. The molecule has 0 aliphatic heterocycles. The summed E-state index contributed by atoms with van der Waals surface area (Å²) in [6, 6.07) is 7.61. The Bertz CT molecular complexity index is 508. The maximum Gasteiger partial charge on any atom is 0.321 e. The van der Waals surface area contributed by atoms with Crippen molar-refractivity contribution >= 4 is 27.9 Å². The van der Waals surface area contributed by atoms with Gasteiger partial charge in [-0.1, -0.05) is 41.1 Å². The zero-order valence-electron chi connectivity index (χ0n) is 13.4. The van der Waals surface area contributed by atoms with E-state index >= 15 is 0 Å². The second-order valence-corrected chi connectivity index (χ2v) is 5.93. The molecule has 2 N–H and O–H groups in total. The Morgan fingerprint density at radius 1 is 1.27 bits per heavy atom. The number of imide groups is 1. The van der Waals surface area contributed by atoms with E-state index in [1.807, 2.05) is 31.2 Å². The molecule has 6 heteroatoms. The molecular formula is C16H24BrN3O2. The number of carbonyl (C=O) groups excluding carboxylic acids is 2. The minimum Gasteiger partial charge on any atom is -0.338 e. The van der Waals surface area contributed by atoms with Crippen LogP contribution in [0.4, 0.5) is 4.79 Å². The molecule has 1 unspecified atom stereocenters. The minimum absolute atomic E-state index is 0.0792. The first-order valence-corrected chi connectivity index (χ1v) is 8.35. The normalized spacial score (nSPS) is 12.0. The Labute approximate surface area is 140 Å². The van der Waals surface area contributed by atoms with Crippen LogP contribution in [0.15, 0.2) is 28.7 Å². The molecule has 1 atom stereocenters. The average Bonchev–Trinajstić information content (AvgIpc) is 2.46. The molecule has 0 heterocycles. The molecule has 0 fully saturated rings. The standard InChI is InChI=1S/C16H24BrN3O2/c1-4-10-20(11-15(21)19-16(22)18-5-2)12(3)13-8-6-7-9-14(13)17/h6-9,12H,4-5,10-11H2,1-3H3,(H2,18,19,21,22). The van der Waals surface area contributed by atoms with Crippen LogP contribution in [0.2, 0.25) is 0 Å². The fraction of sp³-hybridized carbons (Fsp3) is 0.500. The number of nitrogens with one attached hydrogen (secondary N) is 2. The van der Waals surface area contributed by atoms with Crippen molar-refractivity contribution < 1.29 is 9.59 Å². The fourth-order valence-corrected chi connectivity index (χ4v) is 2.88. The van der Waals surface area contributed by atoms with Crippen LogP contribution in [-0.4, -0.2) is 36.5 Å². The first kappa shape index (κ1) is 18.6. The number of carbonyl (C=O) groups is 2. The van der Waals surface area contributed by atoms with Gasteiger partial charge in [0.2, 0.25) is 5.91 Å². The number of benzene rings is 1. The summed E-state index contributed by atoms with van der Waals surface area (Å²) in [7, 11) is 0. The Hall–Kier alpha value is -1.40. The average molecular weight is 370 g/mol. The molecule has 0 aromatic heterocycles. The maximum absolute atomic E-state index is 12.0. The summed E-state index contributed by atoms with van der Waals surface area (Å²) in [5, 5.41) is 4.90. The van der Waals surface area contributed by atoms with Gasteiger partial charge in [0.1, 0.15) is 0 Å². The Balaban J connectivity index is 2.74. The van der Waals surface area contributed by atoms with Crippen molar-refractivity contribution in [1.29, 1.82) is 0 Å². The van der Waals surface area contributed by atoms with Crippen LogP contribution in [-0.2, 0) is 4.79 Å². The van der Waals surface area contributed by atoms with Crippen molar-refractivity contribution in [3.8, 4) is 0 Å². The summed E-state index contributed by atoms with van der Waals surface area (Å²) in [5.74, 6) is -0.293. The molecule has 0 saturated heterocycles. The summed E-state index contributed by atoms with van der Waals surface area (Å²) < 4.78 is 1.02. The van der Waals surface area contributed by atoms with Crippen molar-refractivity contribution in [2.75, 3.05) is 19.6 Å². The molecule has 1 aromatic carbocycles. The zero-order valence-corrected chi connectivity index (χ0v) is 14.9. The van der Waals surface area contributed by atoms with Crippen LogP contribution in [0.5, 0.6) is 0 Å². The van der Waals surface area contributed by atoms with Gasteiger partial charge in [0.05, 0.1) is 6.54 Å². The highest BCUT2D eigenvalue weighted by Crippen LogP contribution is 2.27. The topological polar surface area (TPSA) is 61.4 Å². The number of rotatable bonds is 7. The second kappa shape index (κ2) is 9.58. The quantitative estimate of drug-likeness (QED) is 0.776. The van der Waals surface area contributed by atoms with E-state index in [1.54, 1.807) is 0 Å². The monoisotopic (exact) mass is 369 g/mol. The number of amides is 3. The molecule has 0 bridgehead atoms. The highest BCUT2D eigenvalue weighted by atomic mass is 79.9. The van der Waals surface area contributed by atoms with Crippen LogP contribution < -0.4 is 10.6 Å². The van der Waals surface area contributed by atoms with E-state index in [2.05, 4.69) is 45.3 Å². The van der Waals surface area contributed by atoms with Gasteiger partial charge in [-0.15, -0.1) is 0 Å². The van der Waals surface area contributed by atoms with Crippen LogP contribution in [0.1, 0.15) is 38.8 Å². The predicted molar refractivity (Wildman–Crippen MR) is 91.6 cm³/mol. The number of halogens is 1. The first-order chi connectivity index (χ1) is 10.5. The third-order valence-corrected chi connectivity index (χ3v) is 4.07. The smallest absolute Gasteiger partial charge is 0.321 e. The van der Waals surface area contributed by atoms with Crippen molar-refractivity contribution in [3.05, 3.63) is 34.3 Å². The maximum atomic E-state index is 12.0. The van der Waals surface area contributed by atoms with Crippen molar-refractivity contribution in [2.24, 2.45) is 0 Å². The molecule has 0 saturated carbocycles. The van der Waals surface area contributed by atoms with E-state index in [0.717, 1.165) is 23.0 Å². The van der Waals surface area contributed by atoms with E-state index in [1.165, 1.54) is 0 Å². The number of nitrogens with zero attached hydrogens (tertiary/aromatic N) is 1. The van der Waals surface area contributed by atoms with Crippen molar-refractivity contribution in [3.63, 3.8) is 0 Å². The lowest BCUT2D eigenvalue weighted by atomic mass is 10.1. The highest BCUT2D eigenvalue weighted by Gasteiger charge is 2.20. The van der Waals surface area contributed by atoms with Gasteiger partial charge < -0.3 is 5.32 Å². The SMILES string of the molecule is CCCN(CC(=O)NC(=O)NCC)C(C)c1ccccc1Br. The van der Waals surface area contributed by atoms with Crippen LogP contribution in [0.25, 0.3) is 0 Å². The summed E-state index contributed by atoms with van der Waals surface area (Å²) >= 11 is 3.55. The summed E-state index contributed by atoms with van der Waals surface area (Å²) in [4.78, 5) is 25.5. The largest absolute Gasteiger partial charge is 0.338 e. The van der Waals surface area contributed by atoms with Gasteiger partial charge in [0.15, 0.2) is 0 Å². The van der Waals surface area contributed by atoms with Crippen molar-refractivity contribution in [2.45, 2.75) is 33.2 Å². The van der Waals surface area contributed by atoms with Gasteiger partial charge in [-0.2, -0.15) is 0 Å². The number of hydrogen-bond acceptors (Lipinski definition) is 3. The fourth-order valence-electron chi connectivity index (χ4n) is 2.26. The van der Waals surface area contributed by atoms with Gasteiger partial charge in [-0.25, -0.2) is 4.79 Å². The Kier molecular flexibility index (Phi) is 8.12. The van der Waals surface area contributed by atoms with Gasteiger partial charge in [-0.05, 0) is 38.4 Å². The molecule has 0 spiro atoms.